The maximum Gasteiger partial charge on any atom is 0.573 e. The lowest BCUT2D eigenvalue weighted by molar-refractivity contribution is -0.274. The van der Waals surface area contributed by atoms with E-state index in [1.54, 1.807) is 11.8 Å². The Balaban J connectivity index is 1.16. The quantitative estimate of drug-likeness (QED) is 0.172. The van der Waals surface area contributed by atoms with Gasteiger partial charge in [-0.1, -0.05) is 86.1 Å². The number of aromatic nitrogens is 3. The number of hydrogen-bond acceptors (Lipinski definition) is 5. The van der Waals surface area contributed by atoms with E-state index in [9.17, 15) is 18.0 Å². The molecule has 1 amide bonds. The maximum absolute atomic E-state index is 13.0. The van der Waals surface area contributed by atoms with Crippen LogP contribution in [-0.2, 0) is 11.2 Å². The Bertz CT molecular complexity index is 1740. The van der Waals surface area contributed by atoms with Crippen molar-refractivity contribution in [2.75, 3.05) is 0 Å². The Hall–Kier alpha value is -4.18. The van der Waals surface area contributed by atoms with E-state index >= 15 is 0 Å². The standard InChI is InChI=1S/C36H37F3N4O2S/c1-22(2)30-16-6-24(4)19-31(30)33-25(5)20-46-35(33)41-32(44)17-7-23(3)18-26-8-10-27(11-9-26)34-40-21-43(42-34)28-12-14-29(15-13-28)45-36(37,38)39/h6,8-16,19-23,33H,7,17-18H2,1-5H3. The number of carbonyl (C=O) groups excluding carboxylic acids is 1. The second-order valence-corrected chi connectivity index (χ2v) is 13.0. The smallest absolute Gasteiger partial charge is 0.406 e. The number of aryl methyl sites for hydroxylation is 1. The van der Waals surface area contributed by atoms with Crippen molar-refractivity contribution in [2.24, 2.45) is 10.9 Å². The second kappa shape index (κ2) is 14.1. The summed E-state index contributed by atoms with van der Waals surface area (Å²) >= 11 is 1.56. The van der Waals surface area contributed by atoms with E-state index in [4.69, 9.17) is 0 Å². The summed E-state index contributed by atoms with van der Waals surface area (Å²) < 4.78 is 42.7. The first-order chi connectivity index (χ1) is 21.9. The summed E-state index contributed by atoms with van der Waals surface area (Å²) in [4.78, 5) is 22.0. The summed E-state index contributed by atoms with van der Waals surface area (Å²) in [6.07, 6.45) is -1.28. The van der Waals surface area contributed by atoms with Crippen LogP contribution in [0.15, 0.2) is 89.0 Å². The van der Waals surface area contributed by atoms with Gasteiger partial charge in [0, 0.05) is 12.0 Å². The number of halogens is 3. The third-order valence-corrected chi connectivity index (χ3v) is 9.01. The molecule has 4 aromatic rings. The number of allylic oxidation sites excluding steroid dienone is 1. The lowest BCUT2D eigenvalue weighted by Gasteiger charge is -2.21. The molecule has 2 atom stereocenters. The molecule has 0 N–H and O–H groups in total. The number of nitrogens with zero attached hydrogens (tertiary/aromatic N) is 4. The summed E-state index contributed by atoms with van der Waals surface area (Å²) in [7, 11) is 0. The first-order valence-corrected chi connectivity index (χ1v) is 16.2. The second-order valence-electron chi connectivity index (χ2n) is 12.1. The normalized spacial score (nSPS) is 16.6. The average Bonchev–Trinajstić information content (AvgIpc) is 3.63. The molecule has 1 aliphatic rings. The van der Waals surface area contributed by atoms with E-state index in [1.807, 2.05) is 24.3 Å². The minimum absolute atomic E-state index is 0.0292. The molecule has 0 saturated carbocycles. The molecule has 1 aliphatic heterocycles. The van der Waals surface area contributed by atoms with Crippen molar-refractivity contribution >= 4 is 22.7 Å². The topological polar surface area (TPSA) is 69.4 Å². The number of amides is 1. The number of rotatable bonds is 10. The van der Waals surface area contributed by atoms with Gasteiger partial charge < -0.3 is 4.74 Å². The van der Waals surface area contributed by atoms with Crippen LogP contribution in [0.2, 0.25) is 0 Å². The van der Waals surface area contributed by atoms with Gasteiger partial charge >= 0.3 is 6.36 Å². The Morgan fingerprint density at radius 1 is 1.02 bits per heavy atom. The number of benzene rings is 3. The number of carbonyl (C=O) groups is 1. The fourth-order valence-corrected chi connectivity index (χ4v) is 6.63. The first kappa shape index (κ1) is 33.2. The van der Waals surface area contributed by atoms with Gasteiger partial charge in [-0.3, -0.25) is 4.79 Å². The predicted octanol–water partition coefficient (Wildman–Crippen LogP) is 9.58. The van der Waals surface area contributed by atoms with Crippen molar-refractivity contribution in [3.05, 3.63) is 106 Å². The molecule has 0 aliphatic carbocycles. The molecular weight excluding hydrogens is 609 g/mol. The molecule has 46 heavy (non-hydrogen) atoms. The number of alkyl halides is 3. The van der Waals surface area contributed by atoms with Crippen LogP contribution in [0.5, 0.6) is 5.75 Å². The molecule has 2 unspecified atom stereocenters. The number of ether oxygens (including phenoxy) is 1. The molecule has 0 saturated heterocycles. The highest BCUT2D eigenvalue weighted by molar-refractivity contribution is 8.17. The van der Waals surface area contributed by atoms with E-state index < -0.39 is 6.36 Å². The highest BCUT2D eigenvalue weighted by Gasteiger charge is 2.31. The molecule has 1 aromatic heterocycles. The molecular formula is C36H37F3N4O2S. The highest BCUT2D eigenvalue weighted by atomic mass is 32.2. The van der Waals surface area contributed by atoms with E-state index in [1.165, 1.54) is 57.5 Å². The summed E-state index contributed by atoms with van der Waals surface area (Å²) in [5.41, 5.74) is 7.48. The fourth-order valence-electron chi connectivity index (χ4n) is 5.59. The van der Waals surface area contributed by atoms with Crippen molar-refractivity contribution in [3.8, 4) is 22.8 Å². The van der Waals surface area contributed by atoms with E-state index in [0.29, 0.717) is 23.9 Å². The van der Waals surface area contributed by atoms with Crippen LogP contribution < -0.4 is 4.74 Å². The van der Waals surface area contributed by atoms with Crippen LogP contribution in [0.4, 0.5) is 13.2 Å². The molecule has 5 rings (SSSR count). The van der Waals surface area contributed by atoms with Crippen LogP contribution in [0.3, 0.4) is 0 Å². The van der Waals surface area contributed by atoms with Gasteiger partial charge in [0.05, 0.1) is 16.6 Å². The third-order valence-electron chi connectivity index (χ3n) is 7.95. The van der Waals surface area contributed by atoms with Crippen LogP contribution in [0, 0.1) is 12.8 Å². The van der Waals surface area contributed by atoms with Crippen molar-refractivity contribution in [3.63, 3.8) is 0 Å². The van der Waals surface area contributed by atoms with Gasteiger partial charge in [-0.25, -0.2) is 14.7 Å². The number of thioether (sulfide) groups is 1. The zero-order valence-corrected chi connectivity index (χ0v) is 27.3. The van der Waals surface area contributed by atoms with Gasteiger partial charge in [0.25, 0.3) is 0 Å². The zero-order valence-electron chi connectivity index (χ0n) is 26.5. The predicted molar refractivity (Wildman–Crippen MR) is 177 cm³/mol. The molecule has 0 radical (unpaired) electrons. The monoisotopic (exact) mass is 646 g/mol. The molecule has 10 heteroatoms. The van der Waals surface area contributed by atoms with Crippen LogP contribution >= 0.6 is 11.8 Å². The largest absolute Gasteiger partial charge is 0.573 e. The summed E-state index contributed by atoms with van der Waals surface area (Å²) in [6.45, 7) is 10.8. The van der Waals surface area contributed by atoms with Crippen molar-refractivity contribution in [1.29, 1.82) is 0 Å². The van der Waals surface area contributed by atoms with Gasteiger partial charge in [0.2, 0.25) is 5.91 Å². The zero-order chi connectivity index (χ0) is 33.0. The van der Waals surface area contributed by atoms with Gasteiger partial charge in [-0.05, 0) is 84.9 Å². The van der Waals surface area contributed by atoms with Crippen LogP contribution in [0.1, 0.15) is 74.6 Å². The Kier molecular flexibility index (Phi) is 10.2. The lowest BCUT2D eigenvalue weighted by atomic mass is 9.85. The van der Waals surface area contributed by atoms with Gasteiger partial charge in [-0.15, -0.1) is 18.3 Å². The molecule has 0 spiro atoms. The minimum atomic E-state index is -4.74. The molecule has 0 fully saturated rings. The fraction of sp³-hybridized carbons (Fsp3) is 0.333. The van der Waals surface area contributed by atoms with Crippen molar-refractivity contribution in [1.82, 2.24) is 14.8 Å². The lowest BCUT2D eigenvalue weighted by Crippen LogP contribution is -2.17. The highest BCUT2D eigenvalue weighted by Crippen LogP contribution is 2.42. The summed E-state index contributed by atoms with van der Waals surface area (Å²) in [5, 5.41) is 7.45. The summed E-state index contributed by atoms with van der Waals surface area (Å²) in [6, 6.07) is 20.0. The molecule has 0 bridgehead atoms. The summed E-state index contributed by atoms with van der Waals surface area (Å²) in [5.74, 6) is 0.811. The molecule has 2 heterocycles. The van der Waals surface area contributed by atoms with E-state index in [-0.39, 0.29) is 23.5 Å². The van der Waals surface area contributed by atoms with E-state index in [2.05, 4.69) is 78.0 Å². The van der Waals surface area contributed by atoms with Gasteiger partial charge in [0.1, 0.15) is 12.1 Å². The Labute approximate surface area is 271 Å². The maximum atomic E-state index is 13.0. The molecule has 240 valence electrons. The van der Waals surface area contributed by atoms with Gasteiger partial charge in [-0.2, -0.15) is 0 Å². The first-order valence-electron chi connectivity index (χ1n) is 15.3. The SMILES string of the molecule is CC1=CSC(=NC(=O)CCC(C)Cc2ccc(-c3ncn(-c4ccc(OC(F)(F)F)cc4)n3)cc2)C1c1cc(C)ccc1C(C)C. The molecule has 6 nitrogen and oxygen atoms in total. The van der Waals surface area contributed by atoms with Crippen LogP contribution in [-0.4, -0.2) is 32.1 Å². The number of aliphatic imine (C=N–C) groups is 1. The average molecular weight is 647 g/mol. The van der Waals surface area contributed by atoms with Crippen LogP contribution in [0.25, 0.3) is 17.1 Å². The van der Waals surface area contributed by atoms with E-state index in [0.717, 1.165) is 29.0 Å². The Morgan fingerprint density at radius 2 is 1.74 bits per heavy atom. The number of hydrogen-bond donors (Lipinski definition) is 0. The van der Waals surface area contributed by atoms with Gasteiger partial charge in [0.15, 0.2) is 5.82 Å². The molecule has 3 aromatic carbocycles. The van der Waals surface area contributed by atoms with Crippen molar-refractivity contribution in [2.45, 2.75) is 72.1 Å². The minimum Gasteiger partial charge on any atom is -0.406 e. The third kappa shape index (κ3) is 8.34. The van der Waals surface area contributed by atoms with Crippen molar-refractivity contribution < 1.29 is 22.7 Å². The Morgan fingerprint density at radius 3 is 2.41 bits per heavy atom.